The molecule has 68 valence electrons. The van der Waals surface area contributed by atoms with E-state index in [0.717, 1.165) is 0 Å². The lowest BCUT2D eigenvalue weighted by molar-refractivity contribution is 0.337. The average molecular weight is 261 g/mol. The highest BCUT2D eigenvalue weighted by Gasteiger charge is 2.08. The van der Waals surface area contributed by atoms with Crippen molar-refractivity contribution in [3.63, 3.8) is 0 Å². The fraction of sp³-hybridized carbons (Fsp3) is 0.222. The number of hydrogen-bond donors (Lipinski definition) is 0. The van der Waals surface area contributed by atoms with Gasteiger partial charge < -0.3 is 4.74 Å². The van der Waals surface area contributed by atoms with Crippen molar-refractivity contribution < 1.29 is 4.74 Å². The summed E-state index contributed by atoms with van der Waals surface area (Å²) in [5, 5.41) is 9.30. The van der Waals surface area contributed by atoms with Crippen LogP contribution < -0.4 is 4.74 Å². The van der Waals surface area contributed by atoms with Crippen LogP contribution in [-0.4, -0.2) is 6.61 Å². The van der Waals surface area contributed by atoms with Crippen LogP contribution >= 0.6 is 27.5 Å². The molecule has 1 aromatic rings. The second-order valence-electron chi connectivity index (χ2n) is 2.31. The van der Waals surface area contributed by atoms with Gasteiger partial charge in [-0.2, -0.15) is 5.26 Å². The predicted octanol–water partition coefficient (Wildman–Crippen LogP) is 3.37. The summed E-state index contributed by atoms with van der Waals surface area (Å²) >= 11 is 9.04. The molecule has 1 aromatic carbocycles. The second kappa shape index (κ2) is 4.50. The van der Waals surface area contributed by atoms with Gasteiger partial charge in [-0.3, -0.25) is 0 Å². The van der Waals surface area contributed by atoms with Gasteiger partial charge in [0.05, 0.1) is 16.6 Å². The van der Waals surface area contributed by atoms with Gasteiger partial charge >= 0.3 is 0 Å². The lowest BCUT2D eigenvalue weighted by Gasteiger charge is -2.07. The van der Waals surface area contributed by atoms with E-state index >= 15 is 0 Å². The summed E-state index contributed by atoms with van der Waals surface area (Å²) in [6.07, 6.45) is 0. The minimum atomic E-state index is 0.446. The minimum Gasteiger partial charge on any atom is -0.491 e. The Bertz CT molecular complexity index is 359. The number of benzene rings is 1. The van der Waals surface area contributed by atoms with Gasteiger partial charge in [0.25, 0.3) is 0 Å². The lowest BCUT2D eigenvalue weighted by Crippen LogP contribution is -1.95. The Morgan fingerprint density at radius 3 is 2.85 bits per heavy atom. The van der Waals surface area contributed by atoms with Gasteiger partial charge in [-0.25, -0.2) is 0 Å². The number of ether oxygens (including phenoxy) is 1. The summed E-state index contributed by atoms with van der Waals surface area (Å²) in [6, 6.07) is 5.31. The lowest BCUT2D eigenvalue weighted by atomic mass is 10.2. The van der Waals surface area contributed by atoms with E-state index in [4.69, 9.17) is 21.6 Å². The minimum absolute atomic E-state index is 0.446. The molecule has 0 unspecified atom stereocenters. The standard InChI is InChI=1S/C9H7BrClNO/c1-2-13-9-6(5-12)3-7(11)4-8(9)10/h3-4H,2H2,1H3. The van der Waals surface area contributed by atoms with Gasteiger partial charge in [-0.15, -0.1) is 0 Å². The zero-order valence-electron chi connectivity index (χ0n) is 6.97. The van der Waals surface area contributed by atoms with Crippen LogP contribution in [0.1, 0.15) is 12.5 Å². The monoisotopic (exact) mass is 259 g/mol. The largest absolute Gasteiger partial charge is 0.491 e. The summed E-state index contributed by atoms with van der Waals surface area (Å²) in [5.41, 5.74) is 0.446. The molecule has 0 saturated heterocycles. The first-order valence-corrected chi connectivity index (χ1v) is 4.88. The Hall–Kier alpha value is -0.720. The van der Waals surface area contributed by atoms with Gasteiger partial charge in [0.1, 0.15) is 6.07 Å². The second-order valence-corrected chi connectivity index (χ2v) is 3.60. The smallest absolute Gasteiger partial charge is 0.151 e. The van der Waals surface area contributed by atoms with Crippen LogP contribution in [-0.2, 0) is 0 Å². The molecule has 0 radical (unpaired) electrons. The highest BCUT2D eigenvalue weighted by atomic mass is 79.9. The summed E-state index contributed by atoms with van der Waals surface area (Å²) in [6.45, 7) is 2.39. The molecule has 0 N–H and O–H groups in total. The highest BCUT2D eigenvalue weighted by molar-refractivity contribution is 9.10. The van der Waals surface area contributed by atoms with Gasteiger partial charge in [0.2, 0.25) is 0 Å². The summed E-state index contributed by atoms with van der Waals surface area (Å²) in [7, 11) is 0. The van der Waals surface area contributed by atoms with Gasteiger partial charge in [-0.05, 0) is 35.0 Å². The summed E-state index contributed by atoms with van der Waals surface area (Å²) in [4.78, 5) is 0. The number of nitrogens with zero attached hydrogens (tertiary/aromatic N) is 1. The SMILES string of the molecule is CCOc1c(Br)cc(Cl)cc1C#N. The Balaban J connectivity index is 3.23. The van der Waals surface area contributed by atoms with E-state index in [2.05, 4.69) is 15.9 Å². The first kappa shape index (κ1) is 10.4. The molecule has 0 bridgehead atoms. The van der Waals surface area contributed by atoms with Crippen LogP contribution in [0.2, 0.25) is 5.02 Å². The van der Waals surface area contributed by atoms with Crippen molar-refractivity contribution in [2.24, 2.45) is 0 Å². The van der Waals surface area contributed by atoms with Gasteiger partial charge in [0.15, 0.2) is 5.75 Å². The average Bonchev–Trinajstić information content (AvgIpc) is 2.09. The zero-order valence-corrected chi connectivity index (χ0v) is 9.32. The molecule has 4 heteroatoms. The molecule has 13 heavy (non-hydrogen) atoms. The Morgan fingerprint density at radius 1 is 1.62 bits per heavy atom. The van der Waals surface area contributed by atoms with Crippen molar-refractivity contribution in [3.05, 3.63) is 27.2 Å². The molecule has 0 heterocycles. The number of hydrogen-bond acceptors (Lipinski definition) is 2. The molecule has 0 amide bonds. The maximum absolute atomic E-state index is 8.78. The Morgan fingerprint density at radius 2 is 2.31 bits per heavy atom. The Labute approximate surface area is 90.2 Å². The predicted molar refractivity (Wildman–Crippen MR) is 55.0 cm³/mol. The molecule has 2 nitrogen and oxygen atoms in total. The van der Waals surface area contributed by atoms with E-state index in [-0.39, 0.29) is 0 Å². The van der Waals surface area contributed by atoms with Crippen molar-refractivity contribution in [3.8, 4) is 11.8 Å². The molecular weight excluding hydrogens is 253 g/mol. The number of halogens is 2. The van der Waals surface area contributed by atoms with Crippen LogP contribution in [0.15, 0.2) is 16.6 Å². The molecule has 0 aromatic heterocycles. The third kappa shape index (κ3) is 2.36. The first-order valence-electron chi connectivity index (χ1n) is 3.71. The van der Waals surface area contributed by atoms with E-state index in [9.17, 15) is 0 Å². The molecule has 0 spiro atoms. The van der Waals surface area contributed by atoms with Gasteiger partial charge in [0, 0.05) is 5.02 Å². The molecule has 0 aliphatic rings. The van der Waals surface area contributed by atoms with E-state index in [1.165, 1.54) is 0 Å². The number of nitriles is 1. The summed E-state index contributed by atoms with van der Waals surface area (Å²) in [5.74, 6) is 0.550. The molecule has 0 aliphatic carbocycles. The topological polar surface area (TPSA) is 33.0 Å². The van der Waals surface area contributed by atoms with E-state index in [0.29, 0.717) is 27.4 Å². The maximum atomic E-state index is 8.78. The van der Waals surface area contributed by atoms with Crippen molar-refractivity contribution in [1.82, 2.24) is 0 Å². The maximum Gasteiger partial charge on any atom is 0.151 e. The molecule has 0 aliphatic heterocycles. The highest BCUT2D eigenvalue weighted by Crippen LogP contribution is 2.32. The number of rotatable bonds is 2. The molecule has 0 fully saturated rings. The van der Waals surface area contributed by atoms with Crippen LogP contribution in [0.25, 0.3) is 0 Å². The van der Waals surface area contributed by atoms with E-state index in [1.54, 1.807) is 12.1 Å². The normalized spacial score (nSPS) is 9.38. The fourth-order valence-electron chi connectivity index (χ4n) is 0.934. The van der Waals surface area contributed by atoms with Crippen molar-refractivity contribution in [2.75, 3.05) is 6.61 Å². The quantitative estimate of drug-likeness (QED) is 0.817. The van der Waals surface area contributed by atoms with Crippen LogP contribution in [0.4, 0.5) is 0 Å². The zero-order chi connectivity index (χ0) is 9.84. The third-order valence-corrected chi connectivity index (χ3v) is 2.22. The molecule has 0 saturated carbocycles. The van der Waals surface area contributed by atoms with E-state index < -0.39 is 0 Å². The first-order chi connectivity index (χ1) is 6.19. The summed E-state index contributed by atoms with van der Waals surface area (Å²) < 4.78 is 5.99. The fourth-order valence-corrected chi connectivity index (χ4v) is 1.86. The van der Waals surface area contributed by atoms with E-state index in [1.807, 2.05) is 13.0 Å². The third-order valence-electron chi connectivity index (χ3n) is 1.42. The molecule has 1 rings (SSSR count). The van der Waals surface area contributed by atoms with Crippen molar-refractivity contribution >= 4 is 27.5 Å². The van der Waals surface area contributed by atoms with Crippen LogP contribution in [0.3, 0.4) is 0 Å². The van der Waals surface area contributed by atoms with Crippen molar-refractivity contribution in [1.29, 1.82) is 5.26 Å². The molecule has 0 atom stereocenters. The Kier molecular flexibility index (Phi) is 3.58. The van der Waals surface area contributed by atoms with Gasteiger partial charge in [-0.1, -0.05) is 11.6 Å². The molecular formula is C9H7BrClNO. The van der Waals surface area contributed by atoms with Crippen LogP contribution in [0.5, 0.6) is 5.75 Å². The van der Waals surface area contributed by atoms with Crippen LogP contribution in [0, 0.1) is 11.3 Å². The van der Waals surface area contributed by atoms with Crippen molar-refractivity contribution in [2.45, 2.75) is 6.92 Å².